The number of carbonyl (C=O) groups is 1. The minimum Gasteiger partial charge on any atom is -0.497 e. The predicted octanol–water partition coefficient (Wildman–Crippen LogP) is 4.57. The minimum absolute atomic E-state index is 0.200. The second-order valence-corrected chi connectivity index (χ2v) is 8.88. The smallest absolute Gasteiger partial charge is 0.186 e. The molecule has 1 saturated heterocycles. The lowest BCUT2D eigenvalue weighted by Gasteiger charge is -2.44. The third-order valence-electron chi connectivity index (χ3n) is 6.38. The van der Waals surface area contributed by atoms with Crippen molar-refractivity contribution in [3.05, 3.63) is 102 Å². The monoisotopic (exact) mass is 506 g/mol. The Morgan fingerprint density at radius 2 is 1.30 bits per heavy atom. The molecule has 3 aromatic carbocycles. The third kappa shape index (κ3) is 7.47. The molecule has 37 heavy (non-hydrogen) atoms. The topological polar surface area (TPSA) is 72.5 Å². The van der Waals surface area contributed by atoms with Crippen LogP contribution >= 0.6 is 0 Å². The van der Waals surface area contributed by atoms with Crippen LogP contribution in [0.3, 0.4) is 0 Å². The molecule has 0 unspecified atom stereocenters. The van der Waals surface area contributed by atoms with Crippen LogP contribution < -0.4 is 4.74 Å². The van der Waals surface area contributed by atoms with Crippen molar-refractivity contribution in [3.8, 4) is 5.75 Å². The SMILES string of the molecule is COc1ccc(COC[C@H]2O[C@H](OC)[C@H](OCc3ccccc3)[C@@H](OCc3ccccc3)[C@H]2C=O)cc1. The summed E-state index contributed by atoms with van der Waals surface area (Å²) in [5.41, 5.74) is 3.00. The Kier molecular flexibility index (Phi) is 10.2. The van der Waals surface area contributed by atoms with E-state index in [1.165, 1.54) is 0 Å². The van der Waals surface area contributed by atoms with Crippen LogP contribution in [0.4, 0.5) is 0 Å². The van der Waals surface area contributed by atoms with E-state index in [-0.39, 0.29) is 6.61 Å². The van der Waals surface area contributed by atoms with Gasteiger partial charge in [0.15, 0.2) is 6.29 Å². The van der Waals surface area contributed by atoms with Gasteiger partial charge in [-0.2, -0.15) is 0 Å². The van der Waals surface area contributed by atoms with Crippen molar-refractivity contribution >= 4 is 6.29 Å². The summed E-state index contributed by atoms with van der Waals surface area (Å²) in [4.78, 5) is 12.4. The first kappa shape index (κ1) is 27.0. The molecule has 3 aromatic rings. The molecule has 0 N–H and O–H groups in total. The molecule has 7 heteroatoms. The van der Waals surface area contributed by atoms with Crippen LogP contribution in [0.15, 0.2) is 84.9 Å². The fraction of sp³-hybridized carbons (Fsp3) is 0.367. The highest BCUT2D eigenvalue weighted by atomic mass is 16.7. The zero-order chi connectivity index (χ0) is 25.9. The first-order valence-corrected chi connectivity index (χ1v) is 12.4. The van der Waals surface area contributed by atoms with Gasteiger partial charge in [-0.25, -0.2) is 0 Å². The highest BCUT2D eigenvalue weighted by Gasteiger charge is 2.47. The first-order valence-electron chi connectivity index (χ1n) is 12.4. The van der Waals surface area contributed by atoms with E-state index < -0.39 is 30.5 Å². The van der Waals surface area contributed by atoms with Gasteiger partial charge in [-0.05, 0) is 28.8 Å². The Balaban J connectivity index is 1.47. The number of rotatable bonds is 13. The number of hydrogen-bond acceptors (Lipinski definition) is 7. The Hall–Kier alpha value is -3.07. The molecule has 0 aromatic heterocycles. The Morgan fingerprint density at radius 1 is 0.730 bits per heavy atom. The lowest BCUT2D eigenvalue weighted by Crippen LogP contribution is -2.58. The Labute approximate surface area is 218 Å². The average Bonchev–Trinajstić information content (AvgIpc) is 2.96. The molecule has 0 amide bonds. The molecule has 0 bridgehead atoms. The molecule has 0 aliphatic carbocycles. The van der Waals surface area contributed by atoms with E-state index in [9.17, 15) is 4.79 Å². The summed E-state index contributed by atoms with van der Waals surface area (Å²) in [5.74, 6) is 0.176. The van der Waals surface area contributed by atoms with E-state index in [1.807, 2.05) is 84.9 Å². The highest BCUT2D eigenvalue weighted by molar-refractivity contribution is 5.56. The number of methoxy groups -OCH3 is 2. The molecule has 0 saturated carbocycles. The fourth-order valence-corrected chi connectivity index (χ4v) is 4.36. The van der Waals surface area contributed by atoms with E-state index in [0.29, 0.717) is 19.8 Å². The Morgan fingerprint density at radius 3 is 1.84 bits per heavy atom. The molecule has 1 heterocycles. The number of ether oxygens (including phenoxy) is 6. The molecule has 196 valence electrons. The van der Waals surface area contributed by atoms with Gasteiger partial charge in [-0.1, -0.05) is 72.8 Å². The molecular formula is C30H34O7. The van der Waals surface area contributed by atoms with Crippen LogP contribution in [0.1, 0.15) is 16.7 Å². The van der Waals surface area contributed by atoms with Gasteiger partial charge in [0.1, 0.15) is 24.2 Å². The van der Waals surface area contributed by atoms with Gasteiger partial charge in [-0.15, -0.1) is 0 Å². The van der Waals surface area contributed by atoms with Crippen molar-refractivity contribution in [1.82, 2.24) is 0 Å². The number of hydrogen-bond donors (Lipinski definition) is 0. The van der Waals surface area contributed by atoms with Crippen LogP contribution in [-0.4, -0.2) is 51.7 Å². The Bertz CT molecular complexity index is 1060. The van der Waals surface area contributed by atoms with Crippen molar-refractivity contribution in [3.63, 3.8) is 0 Å². The van der Waals surface area contributed by atoms with Crippen LogP contribution in [0.5, 0.6) is 5.75 Å². The summed E-state index contributed by atoms with van der Waals surface area (Å²) >= 11 is 0. The zero-order valence-corrected chi connectivity index (χ0v) is 21.2. The lowest BCUT2D eigenvalue weighted by molar-refractivity contribution is -0.299. The van der Waals surface area contributed by atoms with Crippen molar-refractivity contribution in [2.24, 2.45) is 5.92 Å². The van der Waals surface area contributed by atoms with Crippen molar-refractivity contribution in [1.29, 1.82) is 0 Å². The van der Waals surface area contributed by atoms with Gasteiger partial charge in [-0.3, -0.25) is 0 Å². The van der Waals surface area contributed by atoms with Gasteiger partial charge in [0.05, 0.1) is 45.6 Å². The largest absolute Gasteiger partial charge is 0.497 e. The van der Waals surface area contributed by atoms with Crippen molar-refractivity contribution in [2.45, 2.75) is 44.4 Å². The maximum atomic E-state index is 12.4. The summed E-state index contributed by atoms with van der Waals surface area (Å²) < 4.78 is 35.6. The zero-order valence-electron chi connectivity index (χ0n) is 21.2. The summed E-state index contributed by atoms with van der Waals surface area (Å²) in [5, 5.41) is 0. The summed E-state index contributed by atoms with van der Waals surface area (Å²) in [6, 6.07) is 27.3. The van der Waals surface area contributed by atoms with Crippen LogP contribution in [0.25, 0.3) is 0 Å². The fourth-order valence-electron chi connectivity index (χ4n) is 4.36. The molecule has 0 spiro atoms. The third-order valence-corrected chi connectivity index (χ3v) is 6.38. The second kappa shape index (κ2) is 14.0. The van der Waals surface area contributed by atoms with Gasteiger partial charge in [0, 0.05) is 7.11 Å². The minimum atomic E-state index is -0.727. The molecule has 5 atom stereocenters. The molecule has 1 aliphatic rings. The van der Waals surface area contributed by atoms with E-state index in [1.54, 1.807) is 14.2 Å². The van der Waals surface area contributed by atoms with Crippen molar-refractivity contribution in [2.75, 3.05) is 20.8 Å². The highest BCUT2D eigenvalue weighted by Crippen LogP contribution is 2.32. The normalized spacial score (nSPS) is 23.5. The van der Waals surface area contributed by atoms with Gasteiger partial charge < -0.3 is 33.2 Å². The second-order valence-electron chi connectivity index (χ2n) is 8.88. The maximum absolute atomic E-state index is 12.4. The standard InChI is InChI=1S/C30H34O7/c1-32-25-15-13-24(14-16-25)18-34-21-27-26(17-31)28(35-19-22-9-5-3-6-10-22)29(30(33-2)37-27)36-20-23-11-7-4-8-12-23/h3-17,26-30H,18-21H2,1-2H3/t26-,27+,28-,29+,30-/m0/s1. The molecule has 0 radical (unpaired) electrons. The van der Waals surface area contributed by atoms with Crippen LogP contribution in [0.2, 0.25) is 0 Å². The van der Waals surface area contributed by atoms with E-state index in [2.05, 4.69) is 0 Å². The predicted molar refractivity (Wildman–Crippen MR) is 138 cm³/mol. The maximum Gasteiger partial charge on any atom is 0.186 e. The average molecular weight is 507 g/mol. The van der Waals surface area contributed by atoms with Crippen LogP contribution in [0, 0.1) is 5.92 Å². The van der Waals surface area contributed by atoms with Gasteiger partial charge in [0.2, 0.25) is 0 Å². The number of benzene rings is 3. The van der Waals surface area contributed by atoms with E-state index in [4.69, 9.17) is 28.4 Å². The summed E-state index contributed by atoms with van der Waals surface area (Å²) in [7, 11) is 3.19. The van der Waals surface area contributed by atoms with Crippen LogP contribution in [-0.2, 0) is 48.3 Å². The van der Waals surface area contributed by atoms with E-state index >= 15 is 0 Å². The quantitative estimate of drug-likeness (QED) is 0.315. The van der Waals surface area contributed by atoms with E-state index in [0.717, 1.165) is 28.7 Å². The number of aldehydes is 1. The van der Waals surface area contributed by atoms with Gasteiger partial charge in [0.25, 0.3) is 0 Å². The summed E-state index contributed by atoms with van der Waals surface area (Å²) in [6.45, 7) is 1.24. The first-order chi connectivity index (χ1) is 18.2. The van der Waals surface area contributed by atoms with Crippen molar-refractivity contribution < 1.29 is 33.2 Å². The molecular weight excluding hydrogens is 472 g/mol. The lowest BCUT2D eigenvalue weighted by atomic mass is 9.90. The molecule has 1 fully saturated rings. The molecule has 4 rings (SSSR count). The molecule has 7 nitrogen and oxygen atoms in total. The van der Waals surface area contributed by atoms with Gasteiger partial charge >= 0.3 is 0 Å². The summed E-state index contributed by atoms with van der Waals surface area (Å²) in [6.07, 6.45) is -1.60. The molecule has 1 aliphatic heterocycles. The number of carbonyl (C=O) groups excluding carboxylic acids is 1.